The Balaban J connectivity index is 0.00000121. The van der Waals surface area contributed by atoms with E-state index in [9.17, 15) is 0 Å². The minimum absolute atomic E-state index is 0. The SMILES string of the molecule is C[N+]1=Cc2cccc3c2C(C1)c1ccccc1CC3.[Cl-]. The molecule has 0 radical (unpaired) electrons. The van der Waals surface area contributed by atoms with Crippen LogP contribution in [0.2, 0.25) is 0 Å². The molecule has 0 N–H and O–H groups in total. The molecule has 2 aliphatic rings. The average Bonchev–Trinajstić information content (AvgIpc) is 2.59. The van der Waals surface area contributed by atoms with Crippen molar-refractivity contribution in [3.63, 3.8) is 0 Å². The molecule has 20 heavy (non-hydrogen) atoms. The monoisotopic (exact) mass is 283 g/mol. The third-order valence-corrected chi connectivity index (χ3v) is 4.50. The molecule has 4 rings (SSSR count). The fourth-order valence-electron chi connectivity index (χ4n) is 3.68. The van der Waals surface area contributed by atoms with Crippen LogP contribution in [-0.2, 0) is 12.8 Å². The van der Waals surface area contributed by atoms with Crippen molar-refractivity contribution in [2.75, 3.05) is 13.6 Å². The van der Waals surface area contributed by atoms with E-state index in [2.05, 4.69) is 60.3 Å². The Bertz CT molecular complexity index is 688. The molecule has 0 spiro atoms. The van der Waals surface area contributed by atoms with Crippen LogP contribution < -0.4 is 12.4 Å². The lowest BCUT2D eigenvalue weighted by Crippen LogP contribution is -3.00. The van der Waals surface area contributed by atoms with Gasteiger partial charge in [-0.05, 0) is 41.2 Å². The molecule has 0 bridgehead atoms. The second kappa shape index (κ2) is 5.06. The zero-order chi connectivity index (χ0) is 12.8. The van der Waals surface area contributed by atoms with Crippen LogP contribution in [-0.4, -0.2) is 24.4 Å². The number of nitrogens with zero attached hydrogens (tertiary/aromatic N) is 1. The van der Waals surface area contributed by atoms with Gasteiger partial charge in [-0.15, -0.1) is 0 Å². The normalized spacial score (nSPS) is 19.1. The molecule has 1 heterocycles. The van der Waals surface area contributed by atoms with E-state index in [4.69, 9.17) is 0 Å². The number of likely N-dealkylation sites (N-methyl/N-ethyl adjacent to an activating group) is 1. The summed E-state index contributed by atoms with van der Waals surface area (Å²) in [4.78, 5) is 0. The van der Waals surface area contributed by atoms with Crippen molar-refractivity contribution in [2.24, 2.45) is 0 Å². The van der Waals surface area contributed by atoms with Gasteiger partial charge >= 0.3 is 0 Å². The van der Waals surface area contributed by atoms with Crippen molar-refractivity contribution in [1.29, 1.82) is 0 Å². The minimum atomic E-state index is 0. The first-order valence-electron chi connectivity index (χ1n) is 7.07. The van der Waals surface area contributed by atoms with Crippen LogP contribution in [0.3, 0.4) is 0 Å². The Labute approximate surface area is 126 Å². The van der Waals surface area contributed by atoms with Gasteiger partial charge in [0.05, 0.1) is 5.92 Å². The number of fused-ring (bicyclic) bond motifs is 2. The zero-order valence-electron chi connectivity index (χ0n) is 11.6. The Hall–Kier alpha value is -1.60. The molecule has 0 saturated heterocycles. The summed E-state index contributed by atoms with van der Waals surface area (Å²) >= 11 is 0. The van der Waals surface area contributed by atoms with Gasteiger partial charge in [0.2, 0.25) is 0 Å². The molecule has 2 aromatic rings. The summed E-state index contributed by atoms with van der Waals surface area (Å²) in [5.74, 6) is 0.542. The van der Waals surface area contributed by atoms with Gasteiger partial charge in [0.15, 0.2) is 12.8 Å². The van der Waals surface area contributed by atoms with Gasteiger partial charge < -0.3 is 12.4 Å². The maximum Gasteiger partial charge on any atom is 0.170 e. The number of benzene rings is 2. The number of hydrogen-bond acceptors (Lipinski definition) is 0. The Morgan fingerprint density at radius 3 is 2.60 bits per heavy atom. The summed E-state index contributed by atoms with van der Waals surface area (Å²) < 4.78 is 2.33. The van der Waals surface area contributed by atoms with E-state index >= 15 is 0 Å². The molecule has 0 amide bonds. The fourth-order valence-corrected chi connectivity index (χ4v) is 3.68. The molecule has 1 atom stereocenters. The van der Waals surface area contributed by atoms with Crippen LogP contribution in [0.15, 0.2) is 42.5 Å². The van der Waals surface area contributed by atoms with E-state index in [1.165, 1.54) is 29.5 Å². The molecule has 0 saturated carbocycles. The lowest BCUT2D eigenvalue weighted by atomic mass is 9.83. The maximum atomic E-state index is 2.33. The average molecular weight is 284 g/mol. The number of rotatable bonds is 0. The molecule has 1 nitrogen and oxygen atoms in total. The first-order valence-corrected chi connectivity index (χ1v) is 7.07. The zero-order valence-corrected chi connectivity index (χ0v) is 12.4. The highest BCUT2D eigenvalue weighted by atomic mass is 35.5. The Kier molecular flexibility index (Phi) is 3.39. The summed E-state index contributed by atoms with van der Waals surface area (Å²) in [6.07, 6.45) is 4.64. The van der Waals surface area contributed by atoms with Crippen molar-refractivity contribution in [3.05, 3.63) is 70.3 Å². The second-order valence-corrected chi connectivity index (χ2v) is 5.74. The second-order valence-electron chi connectivity index (χ2n) is 5.74. The van der Waals surface area contributed by atoms with Crippen molar-refractivity contribution < 1.29 is 17.0 Å². The first-order chi connectivity index (χ1) is 9.33. The van der Waals surface area contributed by atoms with E-state index < -0.39 is 0 Å². The highest BCUT2D eigenvalue weighted by Crippen LogP contribution is 2.37. The molecule has 1 unspecified atom stereocenters. The third-order valence-electron chi connectivity index (χ3n) is 4.50. The fraction of sp³-hybridized carbons (Fsp3) is 0.278. The molecule has 2 heteroatoms. The molecule has 2 aromatic carbocycles. The standard InChI is InChI=1S/C18H18N.ClH/c1-19-11-15-7-4-6-14-10-9-13-5-2-3-8-16(13)17(12-19)18(14)15;/h2-8,11,17H,9-10,12H2,1H3;1H/q+1;/p-1. The van der Waals surface area contributed by atoms with E-state index in [0.717, 1.165) is 6.54 Å². The minimum Gasteiger partial charge on any atom is -1.00 e. The largest absolute Gasteiger partial charge is 1.00 e. The Morgan fingerprint density at radius 1 is 0.950 bits per heavy atom. The van der Waals surface area contributed by atoms with Crippen LogP contribution in [0.25, 0.3) is 0 Å². The quantitative estimate of drug-likeness (QED) is 0.599. The van der Waals surface area contributed by atoms with E-state index in [0.29, 0.717) is 5.92 Å². The molecule has 0 aromatic heterocycles. The van der Waals surface area contributed by atoms with Crippen LogP contribution in [0.5, 0.6) is 0 Å². The molecule has 1 aliphatic heterocycles. The maximum absolute atomic E-state index is 2.33. The number of aryl methyl sites for hydroxylation is 2. The van der Waals surface area contributed by atoms with Crippen molar-refractivity contribution in [3.8, 4) is 0 Å². The highest BCUT2D eigenvalue weighted by Gasteiger charge is 2.31. The smallest absolute Gasteiger partial charge is 0.170 e. The molecule has 0 fully saturated rings. The third kappa shape index (κ3) is 1.97. The van der Waals surface area contributed by atoms with Crippen molar-refractivity contribution in [2.45, 2.75) is 18.8 Å². The van der Waals surface area contributed by atoms with Gasteiger partial charge in [-0.3, -0.25) is 0 Å². The summed E-state index contributed by atoms with van der Waals surface area (Å²) in [5, 5.41) is 0. The van der Waals surface area contributed by atoms with E-state index in [-0.39, 0.29) is 12.4 Å². The lowest BCUT2D eigenvalue weighted by molar-refractivity contribution is -0.495. The molecule has 102 valence electrons. The lowest BCUT2D eigenvalue weighted by Gasteiger charge is -2.23. The van der Waals surface area contributed by atoms with Gasteiger partial charge in [-0.1, -0.05) is 36.4 Å². The molecular formula is C18H18ClN. The first kappa shape index (κ1) is 13.4. The van der Waals surface area contributed by atoms with E-state index in [1.807, 2.05) is 0 Å². The summed E-state index contributed by atoms with van der Waals surface area (Å²) in [6.45, 7) is 1.10. The molecule has 1 aliphatic carbocycles. The van der Waals surface area contributed by atoms with E-state index in [1.54, 1.807) is 11.1 Å². The topological polar surface area (TPSA) is 3.01 Å². The highest BCUT2D eigenvalue weighted by molar-refractivity contribution is 5.81. The van der Waals surface area contributed by atoms with Gasteiger partial charge in [0.1, 0.15) is 7.05 Å². The van der Waals surface area contributed by atoms with Crippen molar-refractivity contribution >= 4 is 6.21 Å². The van der Waals surface area contributed by atoms with Gasteiger partial charge in [0.25, 0.3) is 0 Å². The van der Waals surface area contributed by atoms with Crippen molar-refractivity contribution in [1.82, 2.24) is 0 Å². The molecular weight excluding hydrogens is 266 g/mol. The van der Waals surface area contributed by atoms with Gasteiger partial charge in [-0.2, -0.15) is 0 Å². The summed E-state index contributed by atoms with van der Waals surface area (Å²) in [7, 11) is 2.18. The number of halogens is 1. The predicted molar refractivity (Wildman–Crippen MR) is 78.4 cm³/mol. The van der Waals surface area contributed by atoms with Crippen LogP contribution >= 0.6 is 0 Å². The van der Waals surface area contributed by atoms with Crippen LogP contribution in [0, 0.1) is 0 Å². The van der Waals surface area contributed by atoms with Gasteiger partial charge in [0, 0.05) is 5.56 Å². The predicted octanol–water partition coefficient (Wildman–Crippen LogP) is -0.00410. The Morgan fingerprint density at radius 2 is 1.70 bits per heavy atom. The number of hydrogen-bond donors (Lipinski definition) is 0. The van der Waals surface area contributed by atoms with Gasteiger partial charge in [-0.25, -0.2) is 4.58 Å². The summed E-state index contributed by atoms with van der Waals surface area (Å²) in [5.41, 5.74) is 7.60. The van der Waals surface area contributed by atoms with Crippen LogP contribution in [0.4, 0.5) is 0 Å². The summed E-state index contributed by atoms with van der Waals surface area (Å²) in [6, 6.07) is 15.8. The van der Waals surface area contributed by atoms with Crippen LogP contribution in [0.1, 0.15) is 33.7 Å².